The van der Waals surface area contributed by atoms with E-state index in [1.165, 1.54) is 0 Å². The Morgan fingerprint density at radius 2 is 2.12 bits per heavy atom. The van der Waals surface area contributed by atoms with Crippen LogP contribution in [0.1, 0.15) is 18.7 Å². The van der Waals surface area contributed by atoms with Gasteiger partial charge >= 0.3 is 0 Å². The lowest BCUT2D eigenvalue weighted by Crippen LogP contribution is -2.04. The van der Waals surface area contributed by atoms with Gasteiger partial charge in [0.2, 0.25) is 0 Å². The molecule has 1 aliphatic rings. The maximum absolute atomic E-state index is 9.13. The number of hydrogen-bond donors (Lipinski definition) is 1. The van der Waals surface area contributed by atoms with Gasteiger partial charge in [-0.05, 0) is 18.9 Å². The average molecular weight is 288 g/mol. The highest BCUT2D eigenvalue weighted by Crippen LogP contribution is 2.46. The number of nitriles is 1. The number of nitrogens with one attached hydrogen (secondary N) is 1. The normalized spacial score (nSPS) is 16.5. The smallest absolute Gasteiger partial charge is 0.127 e. The van der Waals surface area contributed by atoms with Gasteiger partial charge in [0, 0.05) is 10.0 Å². The molecule has 3 rings (SSSR count). The van der Waals surface area contributed by atoms with E-state index in [9.17, 15) is 0 Å². The summed E-state index contributed by atoms with van der Waals surface area (Å²) in [5, 5.41) is 9.13. The molecule has 0 atom stereocenters. The number of aromatic amines is 1. The monoisotopic (exact) mass is 287 g/mol. The number of imidazole rings is 1. The van der Waals surface area contributed by atoms with Crippen LogP contribution in [0.15, 0.2) is 34.9 Å². The first kappa shape index (κ1) is 10.5. The molecule has 0 unspecified atom stereocenters. The van der Waals surface area contributed by atoms with E-state index in [0.29, 0.717) is 0 Å². The van der Waals surface area contributed by atoms with Gasteiger partial charge in [-0.25, -0.2) is 4.98 Å². The second kappa shape index (κ2) is 3.71. The van der Waals surface area contributed by atoms with Gasteiger partial charge in [-0.15, -0.1) is 0 Å². The van der Waals surface area contributed by atoms with E-state index in [2.05, 4.69) is 32.0 Å². The van der Waals surface area contributed by atoms with Crippen LogP contribution < -0.4 is 0 Å². The molecule has 0 amide bonds. The Labute approximate surface area is 108 Å². The molecular formula is C13H10BrN3. The molecule has 0 radical (unpaired) electrons. The van der Waals surface area contributed by atoms with Crippen LogP contribution in [-0.4, -0.2) is 9.97 Å². The van der Waals surface area contributed by atoms with Crippen molar-refractivity contribution in [3.05, 3.63) is 40.8 Å². The molecule has 2 aromatic rings. The third-order valence-corrected chi connectivity index (χ3v) is 3.85. The molecule has 1 saturated carbocycles. The van der Waals surface area contributed by atoms with Crippen molar-refractivity contribution >= 4 is 15.9 Å². The molecule has 1 heterocycles. The van der Waals surface area contributed by atoms with Gasteiger partial charge < -0.3 is 4.98 Å². The number of aromatic nitrogens is 2. The van der Waals surface area contributed by atoms with Crippen LogP contribution in [0.4, 0.5) is 0 Å². The summed E-state index contributed by atoms with van der Waals surface area (Å²) in [5.74, 6) is 0.797. The Kier molecular flexibility index (Phi) is 2.30. The number of nitrogens with zero attached hydrogens (tertiary/aromatic N) is 2. The van der Waals surface area contributed by atoms with Crippen LogP contribution in [0.25, 0.3) is 11.3 Å². The van der Waals surface area contributed by atoms with Crippen molar-refractivity contribution in [2.45, 2.75) is 18.3 Å². The van der Waals surface area contributed by atoms with Crippen molar-refractivity contribution < 1.29 is 0 Å². The van der Waals surface area contributed by atoms with E-state index in [0.717, 1.165) is 34.4 Å². The van der Waals surface area contributed by atoms with Crippen molar-refractivity contribution in [1.29, 1.82) is 5.26 Å². The fourth-order valence-electron chi connectivity index (χ4n) is 1.91. The summed E-state index contributed by atoms with van der Waals surface area (Å²) in [5.41, 5.74) is 1.67. The minimum absolute atomic E-state index is 0.348. The summed E-state index contributed by atoms with van der Waals surface area (Å²) >= 11 is 3.51. The van der Waals surface area contributed by atoms with Crippen molar-refractivity contribution in [2.24, 2.45) is 0 Å². The minimum Gasteiger partial charge on any atom is -0.341 e. The lowest BCUT2D eigenvalue weighted by molar-refractivity contribution is 0.822. The Morgan fingerprint density at radius 3 is 2.76 bits per heavy atom. The Balaban J connectivity index is 2.02. The lowest BCUT2D eigenvalue weighted by atomic mass is 10.1. The van der Waals surface area contributed by atoms with Gasteiger partial charge in [0.05, 0.1) is 18.0 Å². The SMILES string of the molecule is N#CC1(c2ncc(-c3ccccc3Br)[nH]2)CC1. The van der Waals surface area contributed by atoms with Crippen LogP contribution >= 0.6 is 15.9 Å². The molecule has 0 bridgehead atoms. The number of H-pyrrole nitrogens is 1. The highest BCUT2D eigenvalue weighted by atomic mass is 79.9. The quantitative estimate of drug-likeness (QED) is 0.920. The topological polar surface area (TPSA) is 52.5 Å². The predicted octanol–water partition coefficient (Wildman–Crippen LogP) is 3.39. The van der Waals surface area contributed by atoms with Crippen LogP contribution in [0.2, 0.25) is 0 Å². The zero-order chi connectivity index (χ0) is 11.9. The average Bonchev–Trinajstić information content (AvgIpc) is 3.00. The van der Waals surface area contributed by atoms with Crippen molar-refractivity contribution in [3.63, 3.8) is 0 Å². The van der Waals surface area contributed by atoms with Crippen molar-refractivity contribution in [1.82, 2.24) is 9.97 Å². The minimum atomic E-state index is -0.348. The second-order valence-electron chi connectivity index (χ2n) is 4.32. The fourth-order valence-corrected chi connectivity index (χ4v) is 2.41. The summed E-state index contributed by atoms with van der Waals surface area (Å²) < 4.78 is 1.03. The Morgan fingerprint density at radius 1 is 1.35 bits per heavy atom. The summed E-state index contributed by atoms with van der Waals surface area (Å²) in [6.07, 6.45) is 3.62. The van der Waals surface area contributed by atoms with Crippen molar-refractivity contribution in [2.75, 3.05) is 0 Å². The van der Waals surface area contributed by atoms with Crippen LogP contribution in [0.3, 0.4) is 0 Å². The summed E-state index contributed by atoms with van der Waals surface area (Å²) in [4.78, 5) is 7.60. The molecular weight excluding hydrogens is 278 g/mol. The molecule has 4 heteroatoms. The molecule has 84 valence electrons. The highest BCUT2D eigenvalue weighted by molar-refractivity contribution is 9.10. The van der Waals surface area contributed by atoms with E-state index in [-0.39, 0.29) is 5.41 Å². The fraction of sp³-hybridized carbons (Fsp3) is 0.231. The number of benzene rings is 1. The Hall–Kier alpha value is -1.60. The third kappa shape index (κ3) is 1.67. The lowest BCUT2D eigenvalue weighted by Gasteiger charge is -2.02. The van der Waals surface area contributed by atoms with Gasteiger partial charge in [0.15, 0.2) is 0 Å². The second-order valence-corrected chi connectivity index (χ2v) is 5.17. The van der Waals surface area contributed by atoms with Gasteiger partial charge in [-0.2, -0.15) is 5.26 Å². The first-order chi connectivity index (χ1) is 8.25. The zero-order valence-corrected chi connectivity index (χ0v) is 10.7. The van der Waals surface area contributed by atoms with Gasteiger partial charge in [0.1, 0.15) is 11.2 Å². The van der Waals surface area contributed by atoms with Gasteiger partial charge in [0.25, 0.3) is 0 Å². The first-order valence-corrected chi connectivity index (χ1v) is 6.26. The van der Waals surface area contributed by atoms with Crippen LogP contribution in [-0.2, 0) is 5.41 Å². The number of hydrogen-bond acceptors (Lipinski definition) is 2. The molecule has 1 fully saturated rings. The van der Waals surface area contributed by atoms with E-state index in [1.807, 2.05) is 24.3 Å². The summed E-state index contributed by atoms with van der Waals surface area (Å²) in [7, 11) is 0. The molecule has 1 aromatic carbocycles. The molecule has 1 N–H and O–H groups in total. The maximum atomic E-state index is 9.13. The molecule has 0 saturated heterocycles. The first-order valence-electron chi connectivity index (χ1n) is 5.47. The molecule has 0 spiro atoms. The Bertz CT molecular complexity index is 605. The van der Waals surface area contributed by atoms with E-state index in [1.54, 1.807) is 6.20 Å². The number of rotatable bonds is 2. The molecule has 3 nitrogen and oxygen atoms in total. The zero-order valence-electron chi connectivity index (χ0n) is 9.07. The van der Waals surface area contributed by atoms with Gasteiger partial charge in [-0.1, -0.05) is 34.1 Å². The molecule has 17 heavy (non-hydrogen) atoms. The van der Waals surface area contributed by atoms with E-state index >= 15 is 0 Å². The summed E-state index contributed by atoms with van der Waals surface area (Å²) in [6, 6.07) is 10.3. The largest absolute Gasteiger partial charge is 0.341 e. The number of halogens is 1. The van der Waals surface area contributed by atoms with E-state index in [4.69, 9.17) is 5.26 Å². The van der Waals surface area contributed by atoms with Gasteiger partial charge in [-0.3, -0.25) is 0 Å². The third-order valence-electron chi connectivity index (χ3n) is 3.16. The molecule has 0 aliphatic heterocycles. The van der Waals surface area contributed by atoms with Crippen molar-refractivity contribution in [3.8, 4) is 17.3 Å². The highest BCUT2D eigenvalue weighted by Gasteiger charge is 2.47. The predicted molar refractivity (Wildman–Crippen MR) is 68.2 cm³/mol. The molecule has 1 aliphatic carbocycles. The van der Waals surface area contributed by atoms with Crippen LogP contribution in [0.5, 0.6) is 0 Å². The summed E-state index contributed by atoms with van der Waals surface area (Å²) in [6.45, 7) is 0. The molecule has 1 aromatic heterocycles. The standard InChI is InChI=1S/C13H10BrN3/c14-10-4-2-1-3-9(10)11-7-16-12(17-11)13(8-15)5-6-13/h1-4,7H,5-6H2,(H,16,17). The van der Waals surface area contributed by atoms with Crippen LogP contribution in [0, 0.1) is 11.3 Å². The maximum Gasteiger partial charge on any atom is 0.127 e. The van der Waals surface area contributed by atoms with E-state index < -0.39 is 0 Å².